The summed E-state index contributed by atoms with van der Waals surface area (Å²) in [5.41, 5.74) is -1.16. The SMILES string of the molecule is CC1(C)COB(c2cccc(Cl)c2C(F)(F)F)OC1. The van der Waals surface area contributed by atoms with Gasteiger partial charge in [0, 0.05) is 18.6 Å². The molecule has 2 nitrogen and oxygen atoms in total. The predicted octanol–water partition coefficient (Wildman–Crippen LogP) is 3.13. The number of hydrogen-bond acceptors (Lipinski definition) is 2. The second-order valence-corrected chi connectivity index (χ2v) is 5.73. The summed E-state index contributed by atoms with van der Waals surface area (Å²) in [5, 5.41) is -0.345. The molecule has 1 saturated heterocycles. The summed E-state index contributed by atoms with van der Waals surface area (Å²) in [7, 11) is -1.02. The van der Waals surface area contributed by atoms with Crippen molar-refractivity contribution in [2.75, 3.05) is 13.2 Å². The van der Waals surface area contributed by atoms with E-state index in [0.29, 0.717) is 13.2 Å². The van der Waals surface area contributed by atoms with Gasteiger partial charge >= 0.3 is 13.3 Å². The van der Waals surface area contributed by atoms with Gasteiger partial charge < -0.3 is 9.31 Å². The predicted molar refractivity (Wildman–Crippen MR) is 67.5 cm³/mol. The van der Waals surface area contributed by atoms with E-state index >= 15 is 0 Å². The van der Waals surface area contributed by atoms with Crippen molar-refractivity contribution < 1.29 is 22.5 Å². The van der Waals surface area contributed by atoms with Crippen LogP contribution in [0.2, 0.25) is 5.02 Å². The zero-order valence-corrected chi connectivity index (χ0v) is 11.3. The second-order valence-electron chi connectivity index (χ2n) is 5.32. The molecular formula is C12H13BClF3O2. The fourth-order valence-corrected chi connectivity index (χ4v) is 2.20. The van der Waals surface area contributed by atoms with E-state index < -0.39 is 18.9 Å². The van der Waals surface area contributed by atoms with E-state index in [0.717, 1.165) is 0 Å². The lowest BCUT2D eigenvalue weighted by molar-refractivity contribution is -0.136. The van der Waals surface area contributed by atoms with Crippen molar-refractivity contribution in [1.82, 2.24) is 0 Å². The van der Waals surface area contributed by atoms with Crippen LogP contribution < -0.4 is 5.46 Å². The summed E-state index contributed by atoms with van der Waals surface area (Å²) in [6.45, 7) is 4.51. The Bertz CT molecular complexity index is 467. The Hall–Kier alpha value is -0.715. The minimum Gasteiger partial charge on any atom is -0.407 e. The monoisotopic (exact) mass is 292 g/mol. The van der Waals surface area contributed by atoms with Crippen molar-refractivity contribution in [3.8, 4) is 0 Å². The maximum atomic E-state index is 13.0. The zero-order chi connectivity index (χ0) is 14.3. The number of halogens is 4. The lowest BCUT2D eigenvalue weighted by atomic mass is 9.73. The Balaban J connectivity index is 2.34. The maximum absolute atomic E-state index is 13.0. The number of benzene rings is 1. The van der Waals surface area contributed by atoms with Gasteiger partial charge in [-0.25, -0.2) is 0 Å². The van der Waals surface area contributed by atoms with Crippen molar-refractivity contribution >= 4 is 24.2 Å². The van der Waals surface area contributed by atoms with Gasteiger partial charge in [0.1, 0.15) is 0 Å². The molecular weight excluding hydrogens is 279 g/mol. The van der Waals surface area contributed by atoms with Gasteiger partial charge in [-0.05, 0) is 11.5 Å². The van der Waals surface area contributed by atoms with Crippen LogP contribution in [0.1, 0.15) is 19.4 Å². The molecule has 1 aromatic carbocycles. The molecule has 0 unspecified atom stereocenters. The molecule has 1 aliphatic rings. The van der Waals surface area contributed by atoms with E-state index in [-0.39, 0.29) is 15.9 Å². The van der Waals surface area contributed by atoms with Crippen LogP contribution in [0.5, 0.6) is 0 Å². The largest absolute Gasteiger partial charge is 0.494 e. The van der Waals surface area contributed by atoms with E-state index in [1.807, 2.05) is 13.8 Å². The van der Waals surface area contributed by atoms with Crippen molar-refractivity contribution in [3.05, 3.63) is 28.8 Å². The van der Waals surface area contributed by atoms with Crippen LogP contribution >= 0.6 is 11.6 Å². The van der Waals surface area contributed by atoms with Gasteiger partial charge in [0.2, 0.25) is 0 Å². The van der Waals surface area contributed by atoms with Crippen LogP contribution in [0.4, 0.5) is 13.2 Å². The van der Waals surface area contributed by atoms with E-state index in [9.17, 15) is 13.2 Å². The average molecular weight is 292 g/mol. The molecule has 0 saturated carbocycles. The van der Waals surface area contributed by atoms with E-state index in [1.54, 1.807) is 0 Å². The van der Waals surface area contributed by atoms with Crippen LogP contribution in [0.15, 0.2) is 18.2 Å². The highest BCUT2D eigenvalue weighted by Crippen LogP contribution is 2.34. The van der Waals surface area contributed by atoms with E-state index in [4.69, 9.17) is 20.9 Å². The molecule has 1 aromatic rings. The summed E-state index contributed by atoms with van der Waals surface area (Å²) < 4.78 is 49.8. The molecule has 0 amide bonds. The molecule has 1 fully saturated rings. The molecule has 1 aliphatic heterocycles. The van der Waals surface area contributed by atoms with Gasteiger partial charge in [-0.3, -0.25) is 0 Å². The number of rotatable bonds is 1. The first-order valence-electron chi connectivity index (χ1n) is 5.79. The van der Waals surface area contributed by atoms with Crippen molar-refractivity contribution in [2.24, 2.45) is 5.41 Å². The van der Waals surface area contributed by atoms with Crippen molar-refractivity contribution in [3.63, 3.8) is 0 Å². The topological polar surface area (TPSA) is 18.5 Å². The molecule has 7 heteroatoms. The summed E-state index contributed by atoms with van der Waals surface area (Å²) in [6.07, 6.45) is -4.53. The molecule has 1 heterocycles. The average Bonchev–Trinajstić information content (AvgIpc) is 2.26. The molecule has 2 rings (SSSR count). The Morgan fingerprint density at radius 2 is 1.79 bits per heavy atom. The van der Waals surface area contributed by atoms with E-state index in [2.05, 4.69) is 0 Å². The van der Waals surface area contributed by atoms with Crippen LogP contribution in [0.25, 0.3) is 0 Å². The summed E-state index contributed by atoms with van der Waals surface area (Å²) in [6, 6.07) is 4.00. The fourth-order valence-electron chi connectivity index (χ4n) is 1.91. The van der Waals surface area contributed by atoms with Crippen LogP contribution in [-0.2, 0) is 15.5 Å². The molecule has 0 aliphatic carbocycles. The highest BCUT2D eigenvalue weighted by Gasteiger charge is 2.42. The molecule has 0 atom stereocenters. The summed E-state index contributed by atoms with van der Waals surface area (Å²) in [5.74, 6) is 0. The Morgan fingerprint density at radius 1 is 1.21 bits per heavy atom. The summed E-state index contributed by atoms with van der Waals surface area (Å²) >= 11 is 5.66. The van der Waals surface area contributed by atoms with Gasteiger partial charge in [-0.2, -0.15) is 13.2 Å². The Labute approximate surface area is 115 Å². The third kappa shape index (κ3) is 3.24. The van der Waals surface area contributed by atoms with Gasteiger partial charge in [0.05, 0.1) is 10.6 Å². The molecule has 0 aromatic heterocycles. The minimum absolute atomic E-state index is 0.0736. The molecule has 0 bridgehead atoms. The van der Waals surface area contributed by atoms with Gasteiger partial charge in [-0.15, -0.1) is 0 Å². The maximum Gasteiger partial charge on any atom is 0.494 e. The highest BCUT2D eigenvalue weighted by molar-refractivity contribution is 6.62. The van der Waals surface area contributed by atoms with Crippen LogP contribution in [-0.4, -0.2) is 20.3 Å². The Morgan fingerprint density at radius 3 is 2.32 bits per heavy atom. The third-order valence-electron chi connectivity index (χ3n) is 2.83. The normalized spacial score (nSPS) is 19.6. The lowest BCUT2D eigenvalue weighted by Gasteiger charge is -2.33. The smallest absolute Gasteiger partial charge is 0.407 e. The molecule has 0 N–H and O–H groups in total. The van der Waals surface area contributed by atoms with Crippen molar-refractivity contribution in [1.29, 1.82) is 0 Å². The zero-order valence-electron chi connectivity index (χ0n) is 10.6. The van der Waals surface area contributed by atoms with Gasteiger partial charge in [-0.1, -0.05) is 37.6 Å². The van der Waals surface area contributed by atoms with Crippen LogP contribution in [0, 0.1) is 5.41 Å². The Kier molecular flexibility index (Phi) is 3.86. The third-order valence-corrected chi connectivity index (χ3v) is 3.15. The molecule has 0 spiro atoms. The highest BCUT2D eigenvalue weighted by atomic mass is 35.5. The van der Waals surface area contributed by atoms with Crippen LogP contribution in [0.3, 0.4) is 0 Å². The second kappa shape index (κ2) is 5.00. The first kappa shape index (κ1) is 14.7. The lowest BCUT2D eigenvalue weighted by Crippen LogP contribution is -2.49. The van der Waals surface area contributed by atoms with Gasteiger partial charge in [0.25, 0.3) is 0 Å². The quantitative estimate of drug-likeness (QED) is 0.740. The van der Waals surface area contributed by atoms with Crippen molar-refractivity contribution in [2.45, 2.75) is 20.0 Å². The number of alkyl halides is 3. The number of hydrogen-bond donors (Lipinski definition) is 0. The minimum atomic E-state index is -4.53. The standard InChI is InChI=1S/C12H13BClF3O2/c1-11(2)6-18-13(19-7-11)8-4-3-5-9(14)10(8)12(15,16)17/h3-5H,6-7H2,1-2H3. The molecule has 0 radical (unpaired) electrons. The summed E-state index contributed by atoms with van der Waals surface area (Å²) in [4.78, 5) is 0. The first-order chi connectivity index (χ1) is 8.71. The van der Waals surface area contributed by atoms with E-state index in [1.165, 1.54) is 18.2 Å². The molecule has 19 heavy (non-hydrogen) atoms. The first-order valence-corrected chi connectivity index (χ1v) is 6.17. The molecule has 104 valence electrons. The fraction of sp³-hybridized carbons (Fsp3) is 0.500. The van der Waals surface area contributed by atoms with Gasteiger partial charge in [0.15, 0.2) is 0 Å².